The van der Waals surface area contributed by atoms with Crippen molar-refractivity contribution >= 4 is 58.6 Å². The maximum atomic E-state index is 14.8. The molecule has 6 rings (SSSR count). The number of carbonyl (C=O) groups excluding carboxylic acids is 6. The third kappa shape index (κ3) is 13.4. The lowest BCUT2D eigenvalue weighted by atomic mass is 9.76. The van der Waals surface area contributed by atoms with Crippen molar-refractivity contribution in [1.82, 2.24) is 10.6 Å². The van der Waals surface area contributed by atoms with E-state index in [9.17, 15) is 28.8 Å². The Balaban J connectivity index is 1.33. The van der Waals surface area contributed by atoms with Crippen LogP contribution in [0.15, 0.2) is 95.1 Å². The molecule has 2 atom stereocenters. The Morgan fingerprint density at radius 2 is 0.831 bits per heavy atom. The van der Waals surface area contributed by atoms with Crippen LogP contribution in [0.5, 0.6) is 11.5 Å². The van der Waals surface area contributed by atoms with Crippen molar-refractivity contribution in [2.45, 2.75) is 151 Å². The molecule has 2 unspecified atom stereocenters. The molecule has 16 heteroatoms. The standard InChI is InChI=1S/C61H78N6O10/c1-15-58(7,8)40-25-31-48(46(33-40)60(11,12)17-3)76-36-50(68)62-52-44(54(70)66(64-52)42-27-21-38(22-28-42)56(72)74-19-5)35-45-53(65-67(55(45)71)43-29-23-39(24-30-43)57(73)75-20-6)63-51(69)37-77-49-32-26-41(59(9,10)16-2)34-47(49)61(13,14)18-4/h21-34,44-45H,15-20,35-37H2,1-14H3,(H,62,64,68)(H,63,65,69). The zero-order chi connectivity index (χ0) is 56.6. The summed E-state index contributed by atoms with van der Waals surface area (Å²) in [6, 6.07) is 24.2. The van der Waals surface area contributed by atoms with E-state index in [0.29, 0.717) is 11.5 Å². The molecule has 0 saturated carbocycles. The van der Waals surface area contributed by atoms with E-state index in [0.717, 1.165) is 58.0 Å². The second kappa shape index (κ2) is 24.3. The molecule has 4 aromatic rings. The van der Waals surface area contributed by atoms with Gasteiger partial charge in [-0.15, -0.1) is 0 Å². The van der Waals surface area contributed by atoms with Crippen LogP contribution in [0.3, 0.4) is 0 Å². The normalized spacial score (nSPS) is 16.0. The highest BCUT2D eigenvalue weighted by molar-refractivity contribution is 6.21. The predicted octanol–water partition coefficient (Wildman–Crippen LogP) is 10.8. The third-order valence-electron chi connectivity index (χ3n) is 15.6. The summed E-state index contributed by atoms with van der Waals surface area (Å²) in [5.41, 5.74) is 4.48. The van der Waals surface area contributed by atoms with Gasteiger partial charge in [-0.1, -0.05) is 107 Å². The summed E-state index contributed by atoms with van der Waals surface area (Å²) in [5, 5.41) is 17.1. The van der Waals surface area contributed by atoms with E-state index in [1.807, 2.05) is 24.3 Å². The molecule has 77 heavy (non-hydrogen) atoms. The second-order valence-corrected chi connectivity index (χ2v) is 22.2. The molecule has 412 valence electrons. The minimum atomic E-state index is -1.27. The predicted molar refractivity (Wildman–Crippen MR) is 300 cm³/mol. The Hall–Kier alpha value is -7.36. The molecule has 4 amide bonds. The van der Waals surface area contributed by atoms with Gasteiger partial charge in [0.25, 0.3) is 23.6 Å². The van der Waals surface area contributed by atoms with Gasteiger partial charge >= 0.3 is 11.9 Å². The second-order valence-electron chi connectivity index (χ2n) is 22.2. The topological polar surface area (TPSA) is 195 Å². The first-order valence-electron chi connectivity index (χ1n) is 26.9. The molecule has 2 heterocycles. The van der Waals surface area contributed by atoms with E-state index in [2.05, 4.69) is 116 Å². The van der Waals surface area contributed by atoms with Gasteiger partial charge in [-0.2, -0.15) is 20.2 Å². The minimum absolute atomic E-state index is 0.0768. The van der Waals surface area contributed by atoms with Crippen molar-refractivity contribution in [2.24, 2.45) is 22.0 Å². The SMILES string of the molecule is CCOC(=O)c1ccc(N2N=C(NC(=O)COc3ccc(C(C)(C)CC)cc3C(C)(C)CC)C(CC3C(=O)N(c4ccc(C(=O)OCC)cc4)N=C3NC(=O)COc3ccc(C(C)(C)CC)cc3C(C)(C)CC)C2=O)cc1. The molecule has 16 nitrogen and oxygen atoms in total. The zero-order valence-electron chi connectivity index (χ0n) is 47.5. The molecule has 2 aliphatic rings. The zero-order valence-corrected chi connectivity index (χ0v) is 47.5. The number of ether oxygens (including phenoxy) is 4. The van der Waals surface area contributed by atoms with Crippen LogP contribution in [0.25, 0.3) is 0 Å². The first kappa shape index (κ1) is 58.9. The van der Waals surface area contributed by atoms with Crippen molar-refractivity contribution in [3.8, 4) is 11.5 Å². The third-order valence-corrected chi connectivity index (χ3v) is 15.6. The van der Waals surface area contributed by atoms with Crippen molar-refractivity contribution in [2.75, 3.05) is 36.4 Å². The molecule has 2 N–H and O–H groups in total. The lowest BCUT2D eigenvalue weighted by Gasteiger charge is -2.30. The highest BCUT2D eigenvalue weighted by Gasteiger charge is 2.46. The monoisotopic (exact) mass is 1050 g/mol. The smallest absolute Gasteiger partial charge is 0.338 e. The highest BCUT2D eigenvalue weighted by Crippen LogP contribution is 2.41. The van der Waals surface area contributed by atoms with Crippen LogP contribution in [-0.4, -0.2) is 73.7 Å². The van der Waals surface area contributed by atoms with E-state index in [4.69, 9.17) is 18.9 Å². The van der Waals surface area contributed by atoms with E-state index >= 15 is 0 Å². The fourth-order valence-corrected chi connectivity index (χ4v) is 8.79. The van der Waals surface area contributed by atoms with Crippen molar-refractivity contribution in [1.29, 1.82) is 0 Å². The summed E-state index contributed by atoms with van der Waals surface area (Å²) < 4.78 is 22.9. The van der Waals surface area contributed by atoms with Gasteiger partial charge < -0.3 is 29.6 Å². The average molecular weight is 1060 g/mol. The molecule has 0 spiro atoms. The maximum Gasteiger partial charge on any atom is 0.338 e. The van der Waals surface area contributed by atoms with Gasteiger partial charge in [0.15, 0.2) is 13.2 Å². The van der Waals surface area contributed by atoms with Gasteiger partial charge in [-0.3, -0.25) is 19.2 Å². The van der Waals surface area contributed by atoms with Gasteiger partial charge in [-0.05, 0) is 139 Å². The van der Waals surface area contributed by atoms with Crippen LogP contribution >= 0.6 is 0 Å². The van der Waals surface area contributed by atoms with Crippen LogP contribution in [0.2, 0.25) is 0 Å². The van der Waals surface area contributed by atoms with E-state index in [1.54, 1.807) is 13.8 Å². The summed E-state index contributed by atoms with van der Waals surface area (Å²) in [5.74, 6) is -5.13. The maximum absolute atomic E-state index is 14.8. The molecule has 0 aromatic heterocycles. The molecule has 0 aliphatic carbocycles. The van der Waals surface area contributed by atoms with Crippen molar-refractivity contribution < 1.29 is 47.7 Å². The summed E-state index contributed by atoms with van der Waals surface area (Å²) >= 11 is 0. The number of hydrogen-bond acceptors (Lipinski definition) is 12. The summed E-state index contributed by atoms with van der Waals surface area (Å²) in [7, 11) is 0. The summed E-state index contributed by atoms with van der Waals surface area (Å²) in [6.45, 7) is 28.6. The first-order valence-corrected chi connectivity index (χ1v) is 26.9. The van der Waals surface area contributed by atoms with E-state index < -0.39 is 60.6 Å². The van der Waals surface area contributed by atoms with Crippen LogP contribution < -0.4 is 30.1 Å². The van der Waals surface area contributed by atoms with Crippen LogP contribution in [0, 0.1) is 11.8 Å². The Labute approximate surface area is 454 Å². The van der Waals surface area contributed by atoms with Gasteiger partial charge in [0, 0.05) is 11.1 Å². The number of benzene rings is 4. The summed E-state index contributed by atoms with van der Waals surface area (Å²) in [4.78, 5) is 82.9. The molecule has 0 fully saturated rings. The lowest BCUT2D eigenvalue weighted by molar-refractivity contribution is -0.122. The van der Waals surface area contributed by atoms with E-state index in [1.165, 1.54) is 48.5 Å². The number of amidine groups is 2. The van der Waals surface area contributed by atoms with Crippen molar-refractivity contribution in [3.05, 3.63) is 118 Å². The summed E-state index contributed by atoms with van der Waals surface area (Å²) in [6.07, 6.45) is 3.15. The minimum Gasteiger partial charge on any atom is -0.483 e. The van der Waals surface area contributed by atoms with Gasteiger partial charge in [0.05, 0.1) is 35.7 Å². The number of hydrazone groups is 2. The number of nitrogens with one attached hydrogen (secondary N) is 2. The van der Waals surface area contributed by atoms with Gasteiger partial charge in [-0.25, -0.2) is 9.59 Å². The number of esters is 2. The molecule has 4 aromatic carbocycles. The Kier molecular flexibility index (Phi) is 18.6. The molecule has 0 saturated heterocycles. The quantitative estimate of drug-likeness (QED) is 0.0715. The molecule has 2 aliphatic heterocycles. The number of nitrogens with zero attached hydrogens (tertiary/aromatic N) is 4. The number of rotatable bonds is 22. The molecule has 0 bridgehead atoms. The molecular formula is C61H78N6O10. The van der Waals surface area contributed by atoms with Crippen LogP contribution in [-0.2, 0) is 50.3 Å². The van der Waals surface area contributed by atoms with Gasteiger partial charge in [0.2, 0.25) is 0 Å². The lowest BCUT2D eigenvalue weighted by Crippen LogP contribution is -2.44. The number of carbonyl (C=O) groups is 6. The fourth-order valence-electron chi connectivity index (χ4n) is 8.79. The van der Waals surface area contributed by atoms with E-state index in [-0.39, 0.29) is 75.5 Å². The highest BCUT2D eigenvalue weighted by atomic mass is 16.5. The Morgan fingerprint density at radius 1 is 0.494 bits per heavy atom. The fraction of sp³-hybridized carbons (Fsp3) is 0.475. The van der Waals surface area contributed by atoms with Gasteiger partial charge in [0.1, 0.15) is 35.0 Å². The molecule has 0 radical (unpaired) electrons. The largest absolute Gasteiger partial charge is 0.483 e. The first-order chi connectivity index (χ1) is 36.3. The number of amides is 4. The van der Waals surface area contributed by atoms with Crippen molar-refractivity contribution in [3.63, 3.8) is 0 Å². The molecular weight excluding hydrogens is 977 g/mol. The Morgan fingerprint density at radius 3 is 1.14 bits per heavy atom. The number of hydrogen-bond donors (Lipinski definition) is 2. The Bertz CT molecular complexity index is 2710. The number of anilines is 2. The van der Waals surface area contributed by atoms with Crippen LogP contribution in [0.1, 0.15) is 172 Å². The van der Waals surface area contributed by atoms with Crippen LogP contribution in [0.4, 0.5) is 11.4 Å². The average Bonchev–Trinajstić information content (AvgIpc) is 3.89.